The van der Waals surface area contributed by atoms with Crippen LogP contribution in [0.15, 0.2) is 47.3 Å². The fourth-order valence-electron chi connectivity index (χ4n) is 4.38. The fourth-order valence-corrected chi connectivity index (χ4v) is 4.55. The minimum absolute atomic E-state index is 0.119. The number of benzene rings is 2. The highest BCUT2D eigenvalue weighted by Gasteiger charge is 2.27. The molecule has 34 heavy (non-hydrogen) atoms. The predicted molar refractivity (Wildman–Crippen MR) is 141 cm³/mol. The van der Waals surface area contributed by atoms with Crippen molar-refractivity contribution in [3.8, 4) is 5.69 Å². The summed E-state index contributed by atoms with van der Waals surface area (Å²) in [6, 6.07) is 12.6. The number of halogens is 1. The first-order chi connectivity index (χ1) is 16.4. The van der Waals surface area contributed by atoms with Crippen LogP contribution in [0, 0.1) is 6.92 Å². The fraction of sp³-hybridized carbons (Fsp3) is 0.464. The molecule has 1 aromatic heterocycles. The largest absolute Gasteiger partial charge is 0.333 e. The molecule has 0 radical (unpaired) electrons. The van der Waals surface area contributed by atoms with E-state index in [0.29, 0.717) is 40.4 Å². The van der Waals surface area contributed by atoms with Gasteiger partial charge in [0.1, 0.15) is 5.82 Å². The zero-order chi connectivity index (χ0) is 24.7. The van der Waals surface area contributed by atoms with Crippen molar-refractivity contribution in [1.29, 1.82) is 0 Å². The number of fused-ring (bicyclic) bond motifs is 1. The van der Waals surface area contributed by atoms with E-state index in [9.17, 15) is 9.59 Å². The van der Waals surface area contributed by atoms with Gasteiger partial charge in [0.2, 0.25) is 5.91 Å². The maximum absolute atomic E-state index is 13.8. The Balaban J connectivity index is 2.17. The van der Waals surface area contributed by atoms with E-state index in [2.05, 4.69) is 13.8 Å². The third-order valence-electron chi connectivity index (χ3n) is 6.44. The molecule has 0 N–H and O–H groups in total. The molecule has 3 rings (SSSR count). The summed E-state index contributed by atoms with van der Waals surface area (Å²) < 4.78 is 1.65. The van der Waals surface area contributed by atoms with Gasteiger partial charge in [0, 0.05) is 18.0 Å². The lowest BCUT2D eigenvalue weighted by Crippen LogP contribution is -2.38. The molecule has 6 heteroatoms. The minimum atomic E-state index is -0.360. The molecule has 0 aliphatic carbocycles. The van der Waals surface area contributed by atoms with Gasteiger partial charge in [-0.05, 0) is 56.5 Å². The number of aromatic nitrogens is 2. The monoisotopic (exact) mass is 481 g/mol. The lowest BCUT2D eigenvalue weighted by Gasteiger charge is -2.31. The Bertz CT molecular complexity index is 1190. The Hall–Kier alpha value is -2.66. The highest BCUT2D eigenvalue weighted by molar-refractivity contribution is 6.31. The van der Waals surface area contributed by atoms with Crippen LogP contribution in [-0.2, 0) is 4.79 Å². The second-order valence-electron chi connectivity index (χ2n) is 8.94. The number of para-hydroxylation sites is 1. The van der Waals surface area contributed by atoms with E-state index in [-0.39, 0.29) is 17.5 Å². The quantitative estimate of drug-likeness (QED) is 0.277. The first-order valence-electron chi connectivity index (χ1n) is 12.5. The molecule has 0 saturated heterocycles. The van der Waals surface area contributed by atoms with E-state index in [4.69, 9.17) is 16.6 Å². The van der Waals surface area contributed by atoms with Gasteiger partial charge in [0.05, 0.1) is 22.6 Å². The summed E-state index contributed by atoms with van der Waals surface area (Å²) in [7, 11) is 0. The van der Waals surface area contributed by atoms with Gasteiger partial charge >= 0.3 is 0 Å². The van der Waals surface area contributed by atoms with Crippen molar-refractivity contribution in [2.45, 2.75) is 78.7 Å². The molecule has 1 amide bonds. The minimum Gasteiger partial charge on any atom is -0.333 e. The Morgan fingerprint density at radius 2 is 1.74 bits per heavy atom. The molecule has 0 fully saturated rings. The molecule has 1 unspecified atom stereocenters. The zero-order valence-electron chi connectivity index (χ0n) is 20.8. The van der Waals surface area contributed by atoms with Crippen molar-refractivity contribution in [3.63, 3.8) is 0 Å². The highest BCUT2D eigenvalue weighted by Crippen LogP contribution is 2.28. The second-order valence-corrected chi connectivity index (χ2v) is 9.35. The van der Waals surface area contributed by atoms with Gasteiger partial charge in [-0.25, -0.2) is 4.98 Å². The van der Waals surface area contributed by atoms with Gasteiger partial charge in [-0.2, -0.15) is 0 Å². The second kappa shape index (κ2) is 12.2. The molecule has 1 heterocycles. The summed E-state index contributed by atoms with van der Waals surface area (Å²) in [6.45, 7) is 8.83. The summed E-state index contributed by atoms with van der Waals surface area (Å²) in [5.74, 6) is 0.684. The molecule has 3 aromatic rings. The van der Waals surface area contributed by atoms with Gasteiger partial charge in [-0.15, -0.1) is 0 Å². The average molecular weight is 482 g/mol. The van der Waals surface area contributed by atoms with Gasteiger partial charge in [-0.3, -0.25) is 14.2 Å². The number of carbonyl (C=O) groups is 1. The van der Waals surface area contributed by atoms with E-state index in [1.807, 2.05) is 55.1 Å². The predicted octanol–water partition coefficient (Wildman–Crippen LogP) is 7.01. The number of rotatable bonds is 11. The van der Waals surface area contributed by atoms with Crippen molar-refractivity contribution in [1.82, 2.24) is 14.5 Å². The van der Waals surface area contributed by atoms with Crippen molar-refractivity contribution in [2.75, 3.05) is 6.54 Å². The Labute approximate surface area is 207 Å². The van der Waals surface area contributed by atoms with Crippen LogP contribution in [0.2, 0.25) is 5.02 Å². The molecule has 0 spiro atoms. The van der Waals surface area contributed by atoms with Crippen LogP contribution in [0.1, 0.15) is 83.1 Å². The summed E-state index contributed by atoms with van der Waals surface area (Å²) in [6.07, 6.45) is 6.54. The number of nitrogens with zero attached hydrogens (tertiary/aromatic N) is 3. The SMILES string of the molecule is CCCCCC(=O)N(CCCCC)C(C)c1nc2ccccc2c(=O)n1-c1cccc(Cl)c1C. The van der Waals surface area contributed by atoms with Crippen LogP contribution < -0.4 is 5.56 Å². The molecule has 0 bridgehead atoms. The topological polar surface area (TPSA) is 55.2 Å². The summed E-state index contributed by atoms with van der Waals surface area (Å²) in [5, 5.41) is 1.14. The summed E-state index contributed by atoms with van der Waals surface area (Å²) in [5.41, 5.74) is 2.00. The van der Waals surface area contributed by atoms with Gasteiger partial charge in [-0.1, -0.05) is 69.3 Å². The van der Waals surface area contributed by atoms with Crippen LogP contribution >= 0.6 is 11.6 Å². The maximum atomic E-state index is 13.8. The van der Waals surface area contributed by atoms with E-state index >= 15 is 0 Å². The first kappa shape index (κ1) is 26.0. The Kier molecular flexibility index (Phi) is 9.28. The lowest BCUT2D eigenvalue weighted by atomic mass is 10.1. The summed E-state index contributed by atoms with van der Waals surface area (Å²) >= 11 is 6.43. The molecular weight excluding hydrogens is 446 g/mol. The zero-order valence-corrected chi connectivity index (χ0v) is 21.6. The third-order valence-corrected chi connectivity index (χ3v) is 6.85. The third kappa shape index (κ3) is 5.69. The van der Waals surface area contributed by atoms with Crippen LogP contribution in [0.4, 0.5) is 0 Å². The molecule has 182 valence electrons. The van der Waals surface area contributed by atoms with Crippen molar-refractivity contribution in [2.24, 2.45) is 0 Å². The first-order valence-corrected chi connectivity index (χ1v) is 12.8. The molecule has 2 aromatic carbocycles. The van der Waals surface area contributed by atoms with Crippen molar-refractivity contribution in [3.05, 3.63) is 69.2 Å². The molecule has 0 aliphatic heterocycles. The number of hydrogen-bond donors (Lipinski definition) is 0. The number of unbranched alkanes of at least 4 members (excludes halogenated alkanes) is 4. The van der Waals surface area contributed by atoms with Gasteiger partial charge in [0.15, 0.2) is 0 Å². The number of carbonyl (C=O) groups excluding carboxylic acids is 1. The average Bonchev–Trinajstić information content (AvgIpc) is 2.83. The van der Waals surface area contributed by atoms with E-state index in [0.717, 1.165) is 44.1 Å². The van der Waals surface area contributed by atoms with Crippen LogP contribution in [0.3, 0.4) is 0 Å². The smallest absolute Gasteiger partial charge is 0.266 e. The molecule has 1 atom stereocenters. The van der Waals surface area contributed by atoms with E-state index in [1.165, 1.54) is 0 Å². The summed E-state index contributed by atoms with van der Waals surface area (Å²) in [4.78, 5) is 33.9. The standard InChI is InChI=1S/C28H36ClN3O2/c1-5-7-9-18-26(33)31(19-12-8-6-2)21(4)27-30-24-16-11-10-14-22(24)28(34)32(27)25-17-13-15-23(29)20(25)3/h10-11,13-17,21H,5-9,12,18-19H2,1-4H3. The van der Waals surface area contributed by atoms with Gasteiger partial charge in [0.25, 0.3) is 5.56 Å². The van der Waals surface area contributed by atoms with Crippen LogP contribution in [-0.4, -0.2) is 26.9 Å². The van der Waals surface area contributed by atoms with E-state index < -0.39 is 0 Å². The normalized spacial score (nSPS) is 12.1. The van der Waals surface area contributed by atoms with Crippen LogP contribution in [0.25, 0.3) is 16.6 Å². The van der Waals surface area contributed by atoms with Gasteiger partial charge < -0.3 is 4.90 Å². The number of hydrogen-bond acceptors (Lipinski definition) is 3. The maximum Gasteiger partial charge on any atom is 0.266 e. The lowest BCUT2D eigenvalue weighted by molar-refractivity contribution is -0.133. The van der Waals surface area contributed by atoms with Crippen molar-refractivity contribution >= 4 is 28.4 Å². The van der Waals surface area contributed by atoms with Crippen molar-refractivity contribution < 1.29 is 4.79 Å². The Morgan fingerprint density at radius 1 is 1.03 bits per heavy atom. The molecular formula is C28H36ClN3O2. The highest BCUT2D eigenvalue weighted by atomic mass is 35.5. The number of amides is 1. The molecule has 0 aliphatic rings. The molecule has 0 saturated carbocycles. The Morgan fingerprint density at radius 3 is 2.47 bits per heavy atom. The molecule has 5 nitrogen and oxygen atoms in total. The van der Waals surface area contributed by atoms with Crippen LogP contribution in [0.5, 0.6) is 0 Å². The van der Waals surface area contributed by atoms with E-state index in [1.54, 1.807) is 10.6 Å².